The van der Waals surface area contributed by atoms with Gasteiger partial charge in [-0.3, -0.25) is 0 Å². The fourth-order valence-electron chi connectivity index (χ4n) is 9.35. The van der Waals surface area contributed by atoms with Gasteiger partial charge in [0, 0.05) is 0 Å². The Labute approximate surface area is 180 Å². The second-order valence-electron chi connectivity index (χ2n) is 12.7. The van der Waals surface area contributed by atoms with E-state index >= 15 is 0 Å². The monoisotopic (exact) mass is 404 g/mol. The molecule has 9 atom stereocenters. The van der Waals surface area contributed by atoms with Crippen LogP contribution in [0.1, 0.15) is 112 Å². The average Bonchev–Trinajstić information content (AvgIpc) is 3.01. The Balaban J connectivity index is 1.56. The van der Waals surface area contributed by atoms with E-state index in [4.69, 9.17) is 0 Å². The lowest BCUT2D eigenvalue weighted by Crippen LogP contribution is -2.69. The Kier molecular flexibility index (Phi) is 5.95. The summed E-state index contributed by atoms with van der Waals surface area (Å²) in [6.07, 6.45) is 14.2. The Bertz CT molecular complexity index is 587. The van der Waals surface area contributed by atoms with E-state index in [0.29, 0.717) is 23.7 Å². The second kappa shape index (κ2) is 7.80. The molecule has 29 heavy (non-hydrogen) atoms. The molecule has 0 spiro atoms. The molecule has 168 valence electrons. The molecule has 2 nitrogen and oxygen atoms in total. The van der Waals surface area contributed by atoms with Crippen LogP contribution in [-0.4, -0.2) is 21.9 Å². The Morgan fingerprint density at radius 2 is 1.59 bits per heavy atom. The number of hydrogen-bond acceptors (Lipinski definition) is 2. The van der Waals surface area contributed by atoms with Crippen molar-refractivity contribution in [3.63, 3.8) is 0 Å². The first-order valence-corrected chi connectivity index (χ1v) is 13.0. The molecule has 4 rings (SSSR count). The number of fused-ring (bicyclic) bond motifs is 5. The van der Waals surface area contributed by atoms with E-state index in [-0.39, 0.29) is 10.8 Å². The van der Waals surface area contributed by atoms with Gasteiger partial charge in [0.1, 0.15) is 0 Å². The van der Waals surface area contributed by atoms with Crippen LogP contribution in [0, 0.1) is 46.3 Å². The lowest BCUT2D eigenvalue weighted by molar-refractivity contribution is -0.267. The number of rotatable bonds is 5. The smallest absolute Gasteiger partial charge is 0.0971 e. The predicted molar refractivity (Wildman–Crippen MR) is 121 cm³/mol. The van der Waals surface area contributed by atoms with Crippen molar-refractivity contribution < 1.29 is 10.2 Å². The van der Waals surface area contributed by atoms with Crippen LogP contribution in [0.4, 0.5) is 0 Å². The number of aliphatic hydroxyl groups excluding tert-OH is 1. The predicted octanol–water partition coefficient (Wildman–Crippen LogP) is 6.58. The van der Waals surface area contributed by atoms with Crippen molar-refractivity contribution in [1.29, 1.82) is 0 Å². The van der Waals surface area contributed by atoms with Gasteiger partial charge >= 0.3 is 0 Å². The average molecular weight is 405 g/mol. The maximum Gasteiger partial charge on any atom is 0.0971 e. The van der Waals surface area contributed by atoms with Crippen LogP contribution in [0.25, 0.3) is 0 Å². The molecule has 4 aliphatic carbocycles. The molecule has 0 aromatic carbocycles. The maximum atomic E-state index is 12.3. The molecule has 0 aromatic heterocycles. The highest BCUT2D eigenvalue weighted by atomic mass is 16.3. The van der Waals surface area contributed by atoms with E-state index in [1.807, 2.05) is 0 Å². The van der Waals surface area contributed by atoms with Crippen molar-refractivity contribution in [2.45, 2.75) is 123 Å². The molecule has 2 N–H and O–H groups in total. The molecule has 0 unspecified atom stereocenters. The van der Waals surface area contributed by atoms with E-state index in [1.54, 1.807) is 0 Å². The van der Waals surface area contributed by atoms with Crippen LogP contribution < -0.4 is 0 Å². The van der Waals surface area contributed by atoms with Gasteiger partial charge in [-0.05, 0) is 91.3 Å². The van der Waals surface area contributed by atoms with Crippen molar-refractivity contribution in [1.82, 2.24) is 0 Å². The molecule has 0 bridgehead atoms. The molecule has 0 saturated heterocycles. The van der Waals surface area contributed by atoms with E-state index in [9.17, 15) is 10.2 Å². The maximum absolute atomic E-state index is 12.3. The summed E-state index contributed by atoms with van der Waals surface area (Å²) in [4.78, 5) is 0. The van der Waals surface area contributed by atoms with Gasteiger partial charge in [0.2, 0.25) is 0 Å². The summed E-state index contributed by atoms with van der Waals surface area (Å²) in [7, 11) is 0. The molecule has 0 radical (unpaired) electrons. The Hall–Kier alpha value is -0.0800. The molecule has 2 heteroatoms. The van der Waals surface area contributed by atoms with Crippen LogP contribution in [0.5, 0.6) is 0 Å². The minimum absolute atomic E-state index is 0.210. The topological polar surface area (TPSA) is 40.5 Å². The summed E-state index contributed by atoms with van der Waals surface area (Å²) in [5.74, 6) is 3.47. The van der Waals surface area contributed by atoms with Crippen LogP contribution in [0.3, 0.4) is 0 Å². The minimum atomic E-state index is -0.845. The third-order valence-electron chi connectivity index (χ3n) is 10.9. The SMILES string of the molecule is CC(C)CCC[C@@H](C)[C@@H]1CC[C@@H]2[C@]1(C)CC[C@H]1[C@]3(C)CCCC[C@@H]3C[C@H](O)[C@]21O. The molecule has 0 aromatic rings. The normalized spacial score (nSPS) is 50.7. The molecule has 4 saturated carbocycles. The van der Waals surface area contributed by atoms with Gasteiger partial charge in [0.25, 0.3) is 0 Å². The quantitative estimate of drug-likeness (QED) is 0.543. The molecule has 4 aliphatic rings. The van der Waals surface area contributed by atoms with Gasteiger partial charge in [0.15, 0.2) is 0 Å². The fraction of sp³-hybridized carbons (Fsp3) is 1.00. The van der Waals surface area contributed by atoms with E-state index in [1.165, 1.54) is 57.8 Å². The standard InChI is InChI=1S/C27H48O2/c1-18(2)9-8-10-19(3)21-12-13-22-26(21,5)16-14-23-25(4)15-7-6-11-20(25)17-24(28)27(22,23)29/h18-24,28-29H,6-17H2,1-5H3/t19-,20-,21+,22-,23+,24+,25-,26-,27+/m1/s1. The van der Waals surface area contributed by atoms with Crippen molar-refractivity contribution >= 4 is 0 Å². The first-order chi connectivity index (χ1) is 13.6. The molecule has 0 aliphatic heterocycles. The van der Waals surface area contributed by atoms with Gasteiger partial charge in [-0.25, -0.2) is 0 Å². The van der Waals surface area contributed by atoms with Crippen LogP contribution in [0.15, 0.2) is 0 Å². The van der Waals surface area contributed by atoms with Crippen molar-refractivity contribution in [2.75, 3.05) is 0 Å². The van der Waals surface area contributed by atoms with Gasteiger partial charge in [-0.2, -0.15) is 0 Å². The van der Waals surface area contributed by atoms with E-state index in [0.717, 1.165) is 31.1 Å². The first kappa shape index (κ1) is 22.1. The zero-order valence-corrected chi connectivity index (χ0v) is 19.9. The van der Waals surface area contributed by atoms with E-state index in [2.05, 4.69) is 34.6 Å². The Morgan fingerprint density at radius 3 is 2.31 bits per heavy atom. The van der Waals surface area contributed by atoms with Crippen LogP contribution in [-0.2, 0) is 0 Å². The lowest BCUT2D eigenvalue weighted by Gasteiger charge is -2.66. The van der Waals surface area contributed by atoms with Crippen LogP contribution in [0.2, 0.25) is 0 Å². The molecular weight excluding hydrogens is 356 g/mol. The largest absolute Gasteiger partial charge is 0.390 e. The summed E-state index contributed by atoms with van der Waals surface area (Å²) in [5.41, 5.74) is -0.391. The highest BCUT2D eigenvalue weighted by Crippen LogP contribution is 2.69. The van der Waals surface area contributed by atoms with Gasteiger partial charge < -0.3 is 10.2 Å². The third-order valence-corrected chi connectivity index (χ3v) is 10.9. The number of hydrogen-bond donors (Lipinski definition) is 2. The van der Waals surface area contributed by atoms with Gasteiger partial charge in [0.05, 0.1) is 11.7 Å². The van der Waals surface area contributed by atoms with E-state index < -0.39 is 11.7 Å². The molecule has 0 heterocycles. The summed E-state index contributed by atoms with van der Waals surface area (Å²) in [6.45, 7) is 12.1. The zero-order valence-electron chi connectivity index (χ0n) is 19.9. The van der Waals surface area contributed by atoms with Gasteiger partial charge in [-0.1, -0.05) is 66.7 Å². The third kappa shape index (κ3) is 3.34. The highest BCUT2D eigenvalue weighted by molar-refractivity contribution is 5.18. The summed E-state index contributed by atoms with van der Waals surface area (Å²) in [5, 5.41) is 23.7. The van der Waals surface area contributed by atoms with Crippen LogP contribution >= 0.6 is 0 Å². The van der Waals surface area contributed by atoms with Gasteiger partial charge in [-0.15, -0.1) is 0 Å². The zero-order chi connectivity index (χ0) is 21.0. The summed E-state index contributed by atoms with van der Waals surface area (Å²) >= 11 is 0. The molecule has 0 amide bonds. The second-order valence-corrected chi connectivity index (χ2v) is 12.7. The summed E-state index contributed by atoms with van der Waals surface area (Å²) < 4.78 is 0. The summed E-state index contributed by atoms with van der Waals surface area (Å²) in [6, 6.07) is 0. The lowest BCUT2D eigenvalue weighted by atomic mass is 9.42. The number of aliphatic hydroxyl groups is 2. The van der Waals surface area contributed by atoms with Crippen molar-refractivity contribution in [2.24, 2.45) is 46.3 Å². The first-order valence-electron chi connectivity index (χ1n) is 13.0. The highest BCUT2D eigenvalue weighted by Gasteiger charge is 2.69. The Morgan fingerprint density at radius 1 is 0.862 bits per heavy atom. The fourth-order valence-corrected chi connectivity index (χ4v) is 9.35. The minimum Gasteiger partial charge on any atom is -0.390 e. The van der Waals surface area contributed by atoms with Crippen molar-refractivity contribution in [3.05, 3.63) is 0 Å². The molecular formula is C27H48O2. The molecule has 4 fully saturated rings. The van der Waals surface area contributed by atoms with Crippen molar-refractivity contribution in [3.8, 4) is 0 Å².